The molecule has 0 amide bonds. The zero-order valence-corrected chi connectivity index (χ0v) is 9.62. The molecule has 2 aromatic rings. The molecule has 88 valence electrons. The third-order valence-electron chi connectivity index (χ3n) is 2.20. The van der Waals surface area contributed by atoms with Crippen LogP contribution in [0.15, 0.2) is 36.5 Å². The standard InChI is InChI=1S/C12H10ClFN2O/c13-9-3-1-2-4-10(9)17-12-11(14)8(7-15)5-6-16-12/h1-6H,7,15H2. The predicted octanol–water partition coefficient (Wildman–Crippen LogP) is 3.13. The summed E-state index contributed by atoms with van der Waals surface area (Å²) in [5, 5.41) is 0.395. The maximum absolute atomic E-state index is 13.8. The van der Waals surface area contributed by atoms with Gasteiger partial charge >= 0.3 is 0 Å². The molecule has 0 atom stereocenters. The lowest BCUT2D eigenvalue weighted by Gasteiger charge is -2.08. The quantitative estimate of drug-likeness (QED) is 0.913. The molecule has 3 nitrogen and oxygen atoms in total. The van der Waals surface area contributed by atoms with E-state index in [1.165, 1.54) is 12.3 Å². The molecule has 0 aliphatic rings. The van der Waals surface area contributed by atoms with Crippen LogP contribution >= 0.6 is 11.6 Å². The number of hydrogen-bond acceptors (Lipinski definition) is 3. The number of aromatic nitrogens is 1. The molecular weight excluding hydrogens is 243 g/mol. The van der Waals surface area contributed by atoms with Crippen LogP contribution in [0.1, 0.15) is 5.56 Å². The van der Waals surface area contributed by atoms with Gasteiger partial charge in [0.25, 0.3) is 5.88 Å². The van der Waals surface area contributed by atoms with Crippen molar-refractivity contribution in [3.05, 3.63) is 52.9 Å². The van der Waals surface area contributed by atoms with Crippen LogP contribution in [0.3, 0.4) is 0 Å². The van der Waals surface area contributed by atoms with Gasteiger partial charge in [0.1, 0.15) is 5.75 Å². The van der Waals surface area contributed by atoms with Crippen LogP contribution in [0.2, 0.25) is 5.02 Å². The number of nitrogens with zero attached hydrogens (tertiary/aromatic N) is 1. The van der Waals surface area contributed by atoms with Gasteiger partial charge < -0.3 is 10.5 Å². The van der Waals surface area contributed by atoms with Gasteiger partial charge in [0.15, 0.2) is 5.82 Å². The summed E-state index contributed by atoms with van der Waals surface area (Å²) in [5.41, 5.74) is 5.74. The Bertz CT molecular complexity index is 534. The highest BCUT2D eigenvalue weighted by molar-refractivity contribution is 6.32. The van der Waals surface area contributed by atoms with Crippen molar-refractivity contribution in [3.8, 4) is 11.6 Å². The van der Waals surface area contributed by atoms with Crippen LogP contribution in [0.5, 0.6) is 11.6 Å². The Morgan fingerprint density at radius 2 is 2.06 bits per heavy atom. The van der Waals surface area contributed by atoms with E-state index in [2.05, 4.69) is 4.98 Å². The molecule has 2 rings (SSSR count). The average molecular weight is 253 g/mol. The molecule has 1 aromatic heterocycles. The van der Waals surface area contributed by atoms with Gasteiger partial charge in [0.2, 0.25) is 0 Å². The van der Waals surface area contributed by atoms with Gasteiger partial charge in [-0.3, -0.25) is 0 Å². The number of nitrogens with two attached hydrogens (primary N) is 1. The number of halogens is 2. The number of para-hydroxylation sites is 1. The Balaban J connectivity index is 2.34. The molecule has 0 saturated carbocycles. The summed E-state index contributed by atoms with van der Waals surface area (Å²) in [7, 11) is 0. The normalized spacial score (nSPS) is 10.3. The van der Waals surface area contributed by atoms with Crippen molar-refractivity contribution in [2.24, 2.45) is 5.73 Å². The minimum atomic E-state index is -0.560. The molecular formula is C12H10ClFN2O. The van der Waals surface area contributed by atoms with E-state index in [9.17, 15) is 4.39 Å². The third-order valence-corrected chi connectivity index (χ3v) is 2.51. The van der Waals surface area contributed by atoms with Gasteiger partial charge in [-0.25, -0.2) is 9.37 Å². The van der Waals surface area contributed by atoms with E-state index in [1.54, 1.807) is 24.3 Å². The van der Waals surface area contributed by atoms with E-state index >= 15 is 0 Å². The summed E-state index contributed by atoms with van der Waals surface area (Å²) in [4.78, 5) is 3.81. The maximum Gasteiger partial charge on any atom is 0.256 e. The summed E-state index contributed by atoms with van der Waals surface area (Å²) >= 11 is 5.90. The number of hydrogen-bond donors (Lipinski definition) is 1. The Labute approximate surface area is 103 Å². The molecule has 0 radical (unpaired) electrons. The molecule has 0 aliphatic carbocycles. The zero-order chi connectivity index (χ0) is 12.3. The van der Waals surface area contributed by atoms with E-state index in [0.29, 0.717) is 16.3 Å². The van der Waals surface area contributed by atoms with E-state index in [-0.39, 0.29) is 12.4 Å². The molecule has 0 aliphatic heterocycles. The van der Waals surface area contributed by atoms with Crippen LogP contribution in [-0.2, 0) is 6.54 Å². The van der Waals surface area contributed by atoms with E-state index in [0.717, 1.165) is 0 Å². The van der Waals surface area contributed by atoms with Crippen molar-refractivity contribution in [1.29, 1.82) is 0 Å². The molecule has 2 N–H and O–H groups in total. The molecule has 0 spiro atoms. The first kappa shape index (κ1) is 11.8. The first-order chi connectivity index (χ1) is 8.22. The fourth-order valence-corrected chi connectivity index (χ4v) is 1.50. The highest BCUT2D eigenvalue weighted by atomic mass is 35.5. The number of pyridine rings is 1. The minimum Gasteiger partial charge on any atom is -0.435 e. The average Bonchev–Trinajstić information content (AvgIpc) is 2.34. The van der Waals surface area contributed by atoms with Crippen molar-refractivity contribution in [2.75, 3.05) is 0 Å². The number of ether oxygens (including phenoxy) is 1. The Morgan fingerprint density at radius 3 is 2.76 bits per heavy atom. The molecule has 0 bridgehead atoms. The number of rotatable bonds is 3. The Morgan fingerprint density at radius 1 is 1.29 bits per heavy atom. The van der Waals surface area contributed by atoms with Crippen molar-refractivity contribution in [2.45, 2.75) is 6.54 Å². The first-order valence-electron chi connectivity index (χ1n) is 4.98. The van der Waals surface area contributed by atoms with Gasteiger partial charge in [-0.15, -0.1) is 0 Å². The zero-order valence-electron chi connectivity index (χ0n) is 8.86. The lowest BCUT2D eigenvalue weighted by Crippen LogP contribution is -2.02. The highest BCUT2D eigenvalue weighted by Gasteiger charge is 2.11. The van der Waals surface area contributed by atoms with Crippen LogP contribution < -0.4 is 10.5 Å². The summed E-state index contributed by atoms with van der Waals surface area (Å²) < 4.78 is 19.1. The highest BCUT2D eigenvalue weighted by Crippen LogP contribution is 2.29. The van der Waals surface area contributed by atoms with Gasteiger partial charge in [0, 0.05) is 18.3 Å². The fraction of sp³-hybridized carbons (Fsp3) is 0.0833. The van der Waals surface area contributed by atoms with Crippen molar-refractivity contribution in [1.82, 2.24) is 4.98 Å². The van der Waals surface area contributed by atoms with Gasteiger partial charge in [-0.2, -0.15) is 0 Å². The second-order valence-electron chi connectivity index (χ2n) is 3.33. The van der Waals surface area contributed by atoms with Crippen LogP contribution in [0.4, 0.5) is 4.39 Å². The van der Waals surface area contributed by atoms with Crippen LogP contribution in [0, 0.1) is 5.82 Å². The molecule has 1 aromatic carbocycles. The van der Waals surface area contributed by atoms with Gasteiger partial charge in [0.05, 0.1) is 5.02 Å². The smallest absolute Gasteiger partial charge is 0.256 e. The molecule has 0 saturated heterocycles. The second-order valence-corrected chi connectivity index (χ2v) is 3.73. The number of benzene rings is 1. The molecule has 17 heavy (non-hydrogen) atoms. The molecule has 5 heteroatoms. The van der Waals surface area contributed by atoms with E-state index < -0.39 is 5.82 Å². The summed E-state index contributed by atoms with van der Waals surface area (Å²) in [6.45, 7) is 0.0905. The summed E-state index contributed by atoms with van der Waals surface area (Å²) in [6, 6.07) is 8.30. The predicted molar refractivity (Wildman–Crippen MR) is 63.6 cm³/mol. The SMILES string of the molecule is NCc1ccnc(Oc2ccccc2Cl)c1F. The lowest BCUT2D eigenvalue weighted by atomic mass is 10.2. The van der Waals surface area contributed by atoms with E-state index in [1.807, 2.05) is 0 Å². The minimum absolute atomic E-state index is 0.0905. The van der Waals surface area contributed by atoms with Crippen molar-refractivity contribution < 1.29 is 9.13 Å². The molecule has 0 unspecified atom stereocenters. The maximum atomic E-state index is 13.8. The fourth-order valence-electron chi connectivity index (χ4n) is 1.32. The molecule has 0 fully saturated rings. The lowest BCUT2D eigenvalue weighted by molar-refractivity contribution is 0.419. The van der Waals surface area contributed by atoms with Crippen molar-refractivity contribution >= 4 is 11.6 Å². The van der Waals surface area contributed by atoms with Crippen LogP contribution in [-0.4, -0.2) is 4.98 Å². The van der Waals surface area contributed by atoms with E-state index in [4.69, 9.17) is 22.1 Å². The summed E-state index contributed by atoms with van der Waals surface area (Å²) in [6.07, 6.45) is 1.44. The summed E-state index contributed by atoms with van der Waals surface area (Å²) in [5.74, 6) is -0.328. The van der Waals surface area contributed by atoms with Crippen LogP contribution in [0.25, 0.3) is 0 Å². The first-order valence-corrected chi connectivity index (χ1v) is 5.36. The van der Waals surface area contributed by atoms with Gasteiger partial charge in [-0.1, -0.05) is 23.7 Å². The third kappa shape index (κ3) is 2.54. The van der Waals surface area contributed by atoms with Crippen molar-refractivity contribution in [3.63, 3.8) is 0 Å². The van der Waals surface area contributed by atoms with Gasteiger partial charge in [-0.05, 0) is 18.2 Å². The monoisotopic (exact) mass is 252 g/mol. The Hall–Kier alpha value is -1.65. The molecule has 1 heterocycles. The topological polar surface area (TPSA) is 48.1 Å². The largest absolute Gasteiger partial charge is 0.435 e. The second kappa shape index (κ2) is 5.12. The Kier molecular flexibility index (Phi) is 3.56.